The number of aryl methyl sites for hydroxylation is 1. The number of hydrogen-bond donors (Lipinski definition) is 2. The Kier molecular flexibility index (Phi) is 2.73. The van der Waals surface area contributed by atoms with Gasteiger partial charge in [0, 0.05) is 6.42 Å². The molecule has 1 aliphatic rings. The molecule has 7 nitrogen and oxygen atoms in total. The molecule has 1 saturated heterocycles. The highest BCUT2D eigenvalue weighted by Gasteiger charge is 2.35. The van der Waals surface area contributed by atoms with E-state index in [1.54, 1.807) is 17.3 Å². The second-order valence-electron chi connectivity index (χ2n) is 4.21. The van der Waals surface area contributed by atoms with E-state index in [9.17, 15) is 5.11 Å². The van der Waals surface area contributed by atoms with Gasteiger partial charge in [-0.2, -0.15) is 0 Å². The number of fused-ring (bicyclic) bond motifs is 1. The summed E-state index contributed by atoms with van der Waals surface area (Å²) < 4.78 is 7.23. The first-order chi connectivity index (χ1) is 8.70. The molecule has 1 fully saturated rings. The summed E-state index contributed by atoms with van der Waals surface area (Å²) in [6.45, 7) is 1.63. The highest BCUT2D eigenvalue weighted by atomic mass is 16.5. The molecule has 1 aliphatic heterocycles. The van der Waals surface area contributed by atoms with E-state index in [0.717, 1.165) is 5.69 Å². The van der Waals surface area contributed by atoms with Crippen LogP contribution in [0.15, 0.2) is 12.7 Å². The van der Waals surface area contributed by atoms with Gasteiger partial charge in [0.05, 0.1) is 24.7 Å². The topological polar surface area (TPSA) is 93.3 Å². The third-order valence-electron chi connectivity index (χ3n) is 3.05. The molecular weight excluding hydrogens is 236 g/mol. The average Bonchev–Trinajstić information content (AvgIpc) is 2.93. The van der Waals surface area contributed by atoms with E-state index in [1.807, 2.05) is 6.92 Å². The SMILES string of the molecule is Cc1ncnc2c1ncn2C1[CH][C@H](O)[C@@H](CO)O1. The van der Waals surface area contributed by atoms with Crippen molar-refractivity contribution < 1.29 is 14.9 Å². The monoisotopic (exact) mass is 249 g/mol. The maximum absolute atomic E-state index is 9.68. The van der Waals surface area contributed by atoms with Crippen LogP contribution >= 0.6 is 0 Å². The lowest BCUT2D eigenvalue weighted by atomic mass is 10.2. The van der Waals surface area contributed by atoms with Gasteiger partial charge in [-0.15, -0.1) is 0 Å². The maximum atomic E-state index is 9.68. The molecule has 0 spiro atoms. The molecule has 0 amide bonds. The summed E-state index contributed by atoms with van der Waals surface area (Å²) in [5.74, 6) is 0. The molecule has 0 saturated carbocycles. The van der Waals surface area contributed by atoms with Crippen LogP contribution in [0.1, 0.15) is 11.9 Å². The number of aliphatic hydroxyl groups excluding tert-OH is 2. The Morgan fingerprint density at radius 3 is 2.94 bits per heavy atom. The van der Waals surface area contributed by atoms with Gasteiger partial charge >= 0.3 is 0 Å². The number of nitrogens with zero attached hydrogens (tertiary/aromatic N) is 4. The van der Waals surface area contributed by atoms with Gasteiger partial charge in [-0.3, -0.25) is 4.57 Å². The summed E-state index contributed by atoms with van der Waals surface area (Å²) in [6, 6.07) is 0. The number of hydrogen-bond acceptors (Lipinski definition) is 6. The van der Waals surface area contributed by atoms with Gasteiger partial charge in [-0.1, -0.05) is 0 Å². The van der Waals surface area contributed by atoms with Gasteiger partial charge in [0.15, 0.2) is 5.65 Å². The van der Waals surface area contributed by atoms with E-state index in [0.29, 0.717) is 11.2 Å². The van der Waals surface area contributed by atoms with Crippen molar-refractivity contribution in [2.45, 2.75) is 25.4 Å². The number of rotatable bonds is 2. The molecule has 0 aromatic carbocycles. The predicted molar refractivity (Wildman–Crippen MR) is 61.4 cm³/mol. The Balaban J connectivity index is 1.99. The number of ether oxygens (including phenoxy) is 1. The molecule has 2 N–H and O–H groups in total. The van der Waals surface area contributed by atoms with E-state index in [1.165, 1.54) is 6.33 Å². The number of aliphatic hydroxyl groups is 2. The minimum atomic E-state index is -0.791. The fourth-order valence-corrected chi connectivity index (χ4v) is 2.06. The lowest BCUT2D eigenvalue weighted by Gasteiger charge is -2.13. The first kappa shape index (κ1) is 11.5. The van der Waals surface area contributed by atoms with Gasteiger partial charge < -0.3 is 14.9 Å². The Morgan fingerprint density at radius 1 is 1.39 bits per heavy atom. The minimum Gasteiger partial charge on any atom is -0.394 e. The van der Waals surface area contributed by atoms with Crippen LogP contribution < -0.4 is 0 Å². The molecule has 0 bridgehead atoms. The van der Waals surface area contributed by atoms with Crippen molar-refractivity contribution in [1.29, 1.82) is 0 Å². The van der Waals surface area contributed by atoms with Crippen LogP contribution in [0.2, 0.25) is 0 Å². The highest BCUT2D eigenvalue weighted by Crippen LogP contribution is 2.29. The van der Waals surface area contributed by atoms with Crippen molar-refractivity contribution >= 4 is 11.2 Å². The first-order valence-electron chi connectivity index (χ1n) is 5.64. The van der Waals surface area contributed by atoms with Crippen molar-refractivity contribution in [3.8, 4) is 0 Å². The molecule has 1 unspecified atom stereocenters. The zero-order chi connectivity index (χ0) is 12.7. The normalized spacial score (nSPS) is 28.1. The van der Waals surface area contributed by atoms with Crippen LogP contribution in [0.3, 0.4) is 0 Å². The lowest BCUT2D eigenvalue weighted by Crippen LogP contribution is -2.24. The van der Waals surface area contributed by atoms with Crippen molar-refractivity contribution in [2.24, 2.45) is 0 Å². The quantitative estimate of drug-likeness (QED) is 0.751. The van der Waals surface area contributed by atoms with E-state index in [2.05, 4.69) is 15.0 Å². The molecule has 3 atom stereocenters. The maximum Gasteiger partial charge on any atom is 0.165 e. The standard InChI is InChI=1S/C11H13N4O3/c1-6-10-11(13-4-12-6)15(5-14-10)9-2-7(17)8(3-16)18-9/h2,4-5,7-9,16-17H,3H2,1H3/t7-,8+,9?/m0/s1. The van der Waals surface area contributed by atoms with Gasteiger partial charge in [0.2, 0.25) is 0 Å². The van der Waals surface area contributed by atoms with Crippen molar-refractivity contribution in [3.63, 3.8) is 0 Å². The second-order valence-corrected chi connectivity index (χ2v) is 4.21. The third kappa shape index (κ3) is 1.67. The summed E-state index contributed by atoms with van der Waals surface area (Å²) in [6.07, 6.45) is 2.80. The predicted octanol–water partition coefficient (Wildman–Crippen LogP) is -0.410. The Morgan fingerprint density at radius 2 is 2.22 bits per heavy atom. The second kappa shape index (κ2) is 4.27. The van der Waals surface area contributed by atoms with Gasteiger partial charge in [0.25, 0.3) is 0 Å². The molecule has 95 valence electrons. The third-order valence-corrected chi connectivity index (χ3v) is 3.05. The molecule has 18 heavy (non-hydrogen) atoms. The fraction of sp³-hybridized carbons (Fsp3) is 0.455. The van der Waals surface area contributed by atoms with Crippen molar-refractivity contribution in [2.75, 3.05) is 6.61 Å². The van der Waals surface area contributed by atoms with Crippen molar-refractivity contribution in [1.82, 2.24) is 19.5 Å². The van der Waals surface area contributed by atoms with Crippen LogP contribution in [-0.2, 0) is 4.74 Å². The molecule has 2 aromatic rings. The summed E-state index contributed by atoms with van der Waals surface area (Å²) >= 11 is 0. The number of imidazole rings is 1. The molecule has 7 heteroatoms. The van der Waals surface area contributed by atoms with E-state index in [-0.39, 0.29) is 6.61 Å². The van der Waals surface area contributed by atoms with E-state index >= 15 is 0 Å². The summed E-state index contributed by atoms with van der Waals surface area (Å²) in [5, 5.41) is 18.7. The van der Waals surface area contributed by atoms with E-state index in [4.69, 9.17) is 9.84 Å². The van der Waals surface area contributed by atoms with Crippen LogP contribution in [0.25, 0.3) is 11.2 Å². The zero-order valence-corrected chi connectivity index (χ0v) is 9.76. The number of aromatic nitrogens is 4. The summed E-state index contributed by atoms with van der Waals surface area (Å²) in [5.41, 5.74) is 2.14. The van der Waals surface area contributed by atoms with Crippen LogP contribution in [0, 0.1) is 13.3 Å². The largest absolute Gasteiger partial charge is 0.394 e. The molecule has 0 aliphatic carbocycles. The summed E-state index contributed by atoms with van der Waals surface area (Å²) in [4.78, 5) is 12.5. The van der Waals surface area contributed by atoms with E-state index < -0.39 is 18.4 Å². The van der Waals surface area contributed by atoms with Crippen LogP contribution in [0.5, 0.6) is 0 Å². The Hall–Kier alpha value is -1.57. The molecule has 2 aromatic heterocycles. The van der Waals surface area contributed by atoms with Gasteiger partial charge in [-0.25, -0.2) is 15.0 Å². The first-order valence-corrected chi connectivity index (χ1v) is 5.64. The Bertz CT molecular complexity index is 570. The molecule has 1 radical (unpaired) electrons. The zero-order valence-electron chi connectivity index (χ0n) is 9.76. The smallest absolute Gasteiger partial charge is 0.165 e. The lowest BCUT2D eigenvalue weighted by molar-refractivity contribution is -0.0423. The fourth-order valence-electron chi connectivity index (χ4n) is 2.06. The van der Waals surface area contributed by atoms with Gasteiger partial charge in [-0.05, 0) is 6.92 Å². The van der Waals surface area contributed by atoms with Crippen LogP contribution in [-0.4, -0.2) is 48.5 Å². The van der Waals surface area contributed by atoms with Gasteiger partial charge in [0.1, 0.15) is 24.2 Å². The highest BCUT2D eigenvalue weighted by molar-refractivity contribution is 5.72. The molecular formula is C11H13N4O3. The Labute approximate surface area is 103 Å². The van der Waals surface area contributed by atoms with Crippen LogP contribution in [0.4, 0.5) is 0 Å². The average molecular weight is 249 g/mol. The molecule has 3 heterocycles. The summed E-state index contributed by atoms with van der Waals surface area (Å²) in [7, 11) is 0. The van der Waals surface area contributed by atoms with Crippen molar-refractivity contribution in [3.05, 3.63) is 24.8 Å². The minimum absolute atomic E-state index is 0.227. The molecule has 3 rings (SSSR count).